The number of rotatable bonds is 8. The van der Waals surface area contributed by atoms with E-state index in [1.54, 1.807) is 0 Å². The van der Waals surface area contributed by atoms with E-state index in [4.69, 9.17) is 9.47 Å². The van der Waals surface area contributed by atoms with Gasteiger partial charge in [0.1, 0.15) is 5.75 Å². The first-order chi connectivity index (χ1) is 12.1. The minimum absolute atomic E-state index is 0.159. The van der Waals surface area contributed by atoms with Gasteiger partial charge in [-0.3, -0.25) is 9.59 Å². The van der Waals surface area contributed by atoms with Gasteiger partial charge in [0.15, 0.2) is 13.2 Å². The molecule has 1 aromatic rings. The lowest BCUT2D eigenvalue weighted by Crippen LogP contribution is -2.37. The summed E-state index contributed by atoms with van der Waals surface area (Å²) in [5.74, 6) is 1.32. The van der Waals surface area contributed by atoms with Gasteiger partial charge in [-0.2, -0.15) is 0 Å². The minimum Gasteiger partial charge on any atom is -0.482 e. The van der Waals surface area contributed by atoms with Crippen LogP contribution in [-0.4, -0.2) is 56.1 Å². The van der Waals surface area contributed by atoms with Crippen LogP contribution in [-0.2, 0) is 19.1 Å². The van der Waals surface area contributed by atoms with Gasteiger partial charge in [-0.1, -0.05) is 18.2 Å². The van der Waals surface area contributed by atoms with E-state index in [9.17, 15) is 14.4 Å². The second-order valence-electron chi connectivity index (χ2n) is 5.01. The van der Waals surface area contributed by atoms with Gasteiger partial charge >= 0.3 is 5.97 Å². The fraction of sp³-hybridized carbons (Fsp3) is 0.438. The number of thioether (sulfide) groups is 2. The summed E-state index contributed by atoms with van der Waals surface area (Å²) in [6, 6.07) is 7.60. The normalized spacial score (nSPS) is 14.0. The molecule has 7 nitrogen and oxygen atoms in total. The van der Waals surface area contributed by atoms with Crippen molar-refractivity contribution in [1.82, 2.24) is 10.6 Å². The van der Waals surface area contributed by atoms with E-state index in [-0.39, 0.29) is 19.1 Å². The summed E-state index contributed by atoms with van der Waals surface area (Å²) in [7, 11) is 1.46. The number of ether oxygens (including phenoxy) is 2. The lowest BCUT2D eigenvalue weighted by atomic mass is 10.2. The molecule has 0 bridgehead atoms. The van der Waals surface area contributed by atoms with Crippen molar-refractivity contribution < 1.29 is 23.9 Å². The quantitative estimate of drug-likeness (QED) is 0.645. The highest BCUT2D eigenvalue weighted by atomic mass is 32.2. The van der Waals surface area contributed by atoms with Crippen LogP contribution in [0, 0.1) is 0 Å². The summed E-state index contributed by atoms with van der Waals surface area (Å²) in [4.78, 5) is 34.2. The zero-order valence-electron chi connectivity index (χ0n) is 13.8. The van der Waals surface area contributed by atoms with Gasteiger partial charge in [-0.25, -0.2) is 4.79 Å². The van der Waals surface area contributed by atoms with Crippen molar-refractivity contribution in [3.05, 3.63) is 29.8 Å². The highest BCUT2D eigenvalue weighted by molar-refractivity contribution is 8.19. The molecule has 1 saturated heterocycles. The second kappa shape index (κ2) is 10.2. The Morgan fingerprint density at radius 1 is 1.12 bits per heavy atom. The summed E-state index contributed by atoms with van der Waals surface area (Å²) in [6.45, 7) is -0.884. The van der Waals surface area contributed by atoms with Gasteiger partial charge in [-0.15, -0.1) is 23.5 Å². The average molecular weight is 384 g/mol. The molecule has 1 heterocycles. The molecule has 136 valence electrons. The molecule has 1 aliphatic heterocycles. The molecule has 0 saturated carbocycles. The Balaban J connectivity index is 1.75. The van der Waals surface area contributed by atoms with Crippen LogP contribution in [0.25, 0.3) is 0 Å². The van der Waals surface area contributed by atoms with Crippen molar-refractivity contribution in [1.29, 1.82) is 0 Å². The van der Waals surface area contributed by atoms with Crippen LogP contribution in [0.15, 0.2) is 24.3 Å². The molecule has 0 aromatic heterocycles. The number of hydrogen-bond acceptors (Lipinski definition) is 7. The smallest absolute Gasteiger partial charge is 0.344 e. The summed E-state index contributed by atoms with van der Waals surface area (Å²) in [5.41, 5.74) is 1.05. The van der Waals surface area contributed by atoms with Gasteiger partial charge < -0.3 is 20.1 Å². The number of amides is 2. The summed E-state index contributed by atoms with van der Waals surface area (Å²) < 4.78 is 10.7. The maximum absolute atomic E-state index is 11.7. The van der Waals surface area contributed by atoms with Gasteiger partial charge in [0.25, 0.3) is 5.91 Å². The largest absolute Gasteiger partial charge is 0.482 e. The highest BCUT2D eigenvalue weighted by Gasteiger charge is 2.22. The number of hydrogen-bond donors (Lipinski definition) is 2. The number of esters is 1. The first-order valence-corrected chi connectivity index (χ1v) is 9.77. The number of carbonyl (C=O) groups is 3. The second-order valence-corrected chi connectivity index (χ2v) is 7.73. The predicted molar refractivity (Wildman–Crippen MR) is 97.6 cm³/mol. The molecule has 1 aliphatic rings. The van der Waals surface area contributed by atoms with Crippen LogP contribution in [0.4, 0.5) is 0 Å². The van der Waals surface area contributed by atoms with Crippen molar-refractivity contribution in [2.75, 3.05) is 38.3 Å². The van der Waals surface area contributed by atoms with Crippen LogP contribution in [0.5, 0.6) is 5.75 Å². The third-order valence-electron chi connectivity index (χ3n) is 3.23. The molecule has 1 fully saturated rings. The molecule has 9 heteroatoms. The molecular formula is C16H20N2O5S2. The minimum atomic E-state index is -0.642. The van der Waals surface area contributed by atoms with Crippen LogP contribution >= 0.6 is 23.5 Å². The Kier molecular flexibility index (Phi) is 7.93. The number of nitrogens with one attached hydrogen (secondary N) is 2. The monoisotopic (exact) mass is 384 g/mol. The molecule has 0 radical (unpaired) electrons. The zero-order chi connectivity index (χ0) is 18.1. The standard InChI is InChI=1S/C16H20N2O5S2/c1-17-13(19)8-18-14(20)9-23-15(21)10-22-12-5-3-2-4-11(12)16-24-6-7-25-16/h2-5,16H,6-10H2,1H3,(H,17,19)(H,18,20). The Labute approximate surface area is 154 Å². The van der Waals surface area contributed by atoms with Gasteiger partial charge in [0, 0.05) is 24.1 Å². The van der Waals surface area contributed by atoms with Crippen molar-refractivity contribution in [2.45, 2.75) is 4.58 Å². The maximum Gasteiger partial charge on any atom is 0.344 e. The number of para-hydroxylation sites is 1. The van der Waals surface area contributed by atoms with E-state index < -0.39 is 18.5 Å². The van der Waals surface area contributed by atoms with Crippen molar-refractivity contribution in [3.63, 3.8) is 0 Å². The molecule has 2 N–H and O–H groups in total. The third-order valence-corrected chi connectivity index (χ3v) is 6.30. The molecule has 0 unspecified atom stereocenters. The molecule has 1 aromatic carbocycles. The van der Waals surface area contributed by atoms with E-state index in [0.717, 1.165) is 17.1 Å². The topological polar surface area (TPSA) is 93.7 Å². The number of likely N-dealkylation sites (N-methyl/N-ethyl adjacent to an activating group) is 1. The molecule has 0 atom stereocenters. The lowest BCUT2D eigenvalue weighted by Gasteiger charge is -2.14. The molecule has 2 amide bonds. The van der Waals surface area contributed by atoms with Gasteiger partial charge in [-0.05, 0) is 6.07 Å². The SMILES string of the molecule is CNC(=O)CNC(=O)COC(=O)COc1ccccc1C1SCCS1. The van der Waals surface area contributed by atoms with E-state index in [0.29, 0.717) is 10.3 Å². The number of carbonyl (C=O) groups excluding carboxylic acids is 3. The lowest BCUT2D eigenvalue weighted by molar-refractivity contribution is -0.150. The van der Waals surface area contributed by atoms with E-state index in [1.807, 2.05) is 47.8 Å². The van der Waals surface area contributed by atoms with Crippen molar-refractivity contribution in [3.8, 4) is 5.75 Å². The Hall–Kier alpha value is -1.87. The molecular weight excluding hydrogens is 364 g/mol. The summed E-state index contributed by atoms with van der Waals surface area (Å²) in [6.07, 6.45) is 0. The van der Waals surface area contributed by atoms with Crippen molar-refractivity contribution in [2.24, 2.45) is 0 Å². The van der Waals surface area contributed by atoms with E-state index in [2.05, 4.69) is 10.6 Å². The first-order valence-electron chi connectivity index (χ1n) is 7.68. The third kappa shape index (κ3) is 6.50. The van der Waals surface area contributed by atoms with Crippen LogP contribution < -0.4 is 15.4 Å². The maximum atomic E-state index is 11.7. The van der Waals surface area contributed by atoms with Crippen LogP contribution in [0.1, 0.15) is 10.1 Å². The zero-order valence-corrected chi connectivity index (χ0v) is 15.4. The molecule has 0 aliphatic carbocycles. The van der Waals surface area contributed by atoms with Crippen LogP contribution in [0.3, 0.4) is 0 Å². The Bertz CT molecular complexity index is 620. The van der Waals surface area contributed by atoms with Crippen LogP contribution in [0.2, 0.25) is 0 Å². The Morgan fingerprint density at radius 3 is 2.56 bits per heavy atom. The molecule has 0 spiro atoms. The van der Waals surface area contributed by atoms with E-state index >= 15 is 0 Å². The summed E-state index contributed by atoms with van der Waals surface area (Å²) >= 11 is 3.70. The first kappa shape index (κ1) is 19.5. The van der Waals surface area contributed by atoms with Gasteiger partial charge in [0.05, 0.1) is 11.1 Å². The molecule has 2 rings (SSSR count). The fourth-order valence-corrected chi connectivity index (χ4v) is 4.90. The summed E-state index contributed by atoms with van der Waals surface area (Å²) in [5, 5.41) is 4.70. The Morgan fingerprint density at radius 2 is 1.84 bits per heavy atom. The average Bonchev–Trinajstić information content (AvgIpc) is 3.17. The molecule has 25 heavy (non-hydrogen) atoms. The van der Waals surface area contributed by atoms with Crippen molar-refractivity contribution >= 4 is 41.3 Å². The fourth-order valence-electron chi connectivity index (χ4n) is 1.99. The predicted octanol–water partition coefficient (Wildman–Crippen LogP) is 0.949. The highest BCUT2D eigenvalue weighted by Crippen LogP contribution is 2.48. The van der Waals surface area contributed by atoms with Gasteiger partial charge in [0.2, 0.25) is 5.91 Å². The van der Waals surface area contributed by atoms with E-state index in [1.165, 1.54) is 7.05 Å². The number of benzene rings is 1.